The van der Waals surface area contributed by atoms with Crippen LogP contribution in [0.4, 0.5) is 8.78 Å². The largest absolute Gasteiger partial charge is 0.386 e. The minimum Gasteiger partial charge on any atom is -0.386 e. The van der Waals surface area contributed by atoms with Gasteiger partial charge in [-0.15, -0.1) is 11.3 Å². The van der Waals surface area contributed by atoms with Crippen molar-refractivity contribution in [2.45, 2.75) is 19.1 Å². The first-order valence-corrected chi connectivity index (χ1v) is 5.66. The SMILES string of the molecule is OC(CNCc1cc(Br)cs1)C(F)F. The quantitative estimate of drug-likeness (QED) is 0.870. The van der Waals surface area contributed by atoms with Gasteiger partial charge in [0, 0.05) is 27.8 Å². The van der Waals surface area contributed by atoms with Crippen molar-refractivity contribution in [2.24, 2.45) is 0 Å². The van der Waals surface area contributed by atoms with Gasteiger partial charge in [-0.3, -0.25) is 0 Å². The van der Waals surface area contributed by atoms with E-state index in [1.807, 2.05) is 11.4 Å². The summed E-state index contributed by atoms with van der Waals surface area (Å²) in [5.74, 6) is 0. The van der Waals surface area contributed by atoms with Crippen LogP contribution in [0.3, 0.4) is 0 Å². The summed E-state index contributed by atoms with van der Waals surface area (Å²) < 4.78 is 24.7. The lowest BCUT2D eigenvalue weighted by molar-refractivity contribution is -0.00337. The fourth-order valence-corrected chi connectivity index (χ4v) is 2.30. The van der Waals surface area contributed by atoms with Crippen molar-refractivity contribution >= 4 is 27.3 Å². The Kier molecular flexibility index (Phi) is 4.94. The fraction of sp³-hybridized carbons (Fsp3) is 0.500. The number of nitrogens with one attached hydrogen (secondary N) is 1. The first kappa shape index (κ1) is 12.0. The van der Waals surface area contributed by atoms with E-state index in [1.54, 1.807) is 0 Å². The molecule has 0 aromatic carbocycles. The van der Waals surface area contributed by atoms with E-state index in [0.717, 1.165) is 9.35 Å². The molecule has 1 aromatic rings. The Bertz CT molecular complexity index is 282. The van der Waals surface area contributed by atoms with Crippen LogP contribution in [-0.2, 0) is 6.54 Å². The van der Waals surface area contributed by atoms with Crippen molar-refractivity contribution in [3.8, 4) is 0 Å². The van der Waals surface area contributed by atoms with Crippen molar-refractivity contribution < 1.29 is 13.9 Å². The molecule has 0 aliphatic heterocycles. The van der Waals surface area contributed by atoms with E-state index in [9.17, 15) is 8.78 Å². The molecule has 1 atom stereocenters. The molecule has 1 aromatic heterocycles. The molecular weight excluding hydrogens is 276 g/mol. The molecule has 0 aliphatic rings. The van der Waals surface area contributed by atoms with Crippen LogP contribution in [0.15, 0.2) is 15.9 Å². The Morgan fingerprint density at radius 2 is 2.29 bits per heavy atom. The van der Waals surface area contributed by atoms with Crippen LogP contribution >= 0.6 is 27.3 Å². The summed E-state index contributed by atoms with van der Waals surface area (Å²) in [6.07, 6.45) is -4.27. The van der Waals surface area contributed by atoms with Crippen molar-refractivity contribution in [2.75, 3.05) is 6.54 Å². The number of rotatable bonds is 5. The zero-order valence-corrected chi connectivity index (χ0v) is 9.62. The highest BCUT2D eigenvalue weighted by atomic mass is 79.9. The maximum absolute atomic E-state index is 11.9. The summed E-state index contributed by atoms with van der Waals surface area (Å²) in [5.41, 5.74) is 0. The Labute approximate surface area is 93.1 Å². The van der Waals surface area contributed by atoms with Crippen molar-refractivity contribution in [1.29, 1.82) is 0 Å². The first-order chi connectivity index (χ1) is 6.59. The second kappa shape index (κ2) is 5.75. The van der Waals surface area contributed by atoms with Gasteiger partial charge in [0.2, 0.25) is 0 Å². The molecule has 80 valence electrons. The van der Waals surface area contributed by atoms with E-state index in [4.69, 9.17) is 5.11 Å². The van der Waals surface area contributed by atoms with Gasteiger partial charge in [0.15, 0.2) is 0 Å². The van der Waals surface area contributed by atoms with Gasteiger partial charge in [-0.1, -0.05) is 0 Å². The number of halogens is 3. The molecule has 0 bridgehead atoms. The zero-order valence-electron chi connectivity index (χ0n) is 7.21. The maximum atomic E-state index is 11.9. The highest BCUT2D eigenvalue weighted by Gasteiger charge is 2.15. The highest BCUT2D eigenvalue weighted by Crippen LogP contribution is 2.19. The number of aliphatic hydroxyl groups excluding tert-OH is 1. The lowest BCUT2D eigenvalue weighted by atomic mass is 10.3. The normalized spacial score (nSPS) is 13.5. The Morgan fingerprint density at radius 1 is 1.57 bits per heavy atom. The monoisotopic (exact) mass is 285 g/mol. The van der Waals surface area contributed by atoms with Crippen LogP contribution < -0.4 is 5.32 Å². The van der Waals surface area contributed by atoms with Crippen LogP contribution in [0.25, 0.3) is 0 Å². The smallest absolute Gasteiger partial charge is 0.265 e. The third kappa shape index (κ3) is 4.00. The van der Waals surface area contributed by atoms with Crippen LogP contribution in [0.1, 0.15) is 4.88 Å². The summed E-state index contributed by atoms with van der Waals surface area (Å²) in [7, 11) is 0. The summed E-state index contributed by atoms with van der Waals surface area (Å²) in [5, 5.41) is 13.5. The lowest BCUT2D eigenvalue weighted by Gasteiger charge is -2.09. The van der Waals surface area contributed by atoms with E-state index >= 15 is 0 Å². The molecule has 0 spiro atoms. The molecular formula is C8H10BrF2NOS. The molecule has 14 heavy (non-hydrogen) atoms. The number of hydrogen-bond acceptors (Lipinski definition) is 3. The van der Waals surface area contributed by atoms with Crippen LogP contribution in [0.5, 0.6) is 0 Å². The van der Waals surface area contributed by atoms with Crippen LogP contribution in [-0.4, -0.2) is 24.2 Å². The van der Waals surface area contributed by atoms with E-state index in [1.165, 1.54) is 11.3 Å². The van der Waals surface area contributed by atoms with Crippen molar-refractivity contribution in [3.63, 3.8) is 0 Å². The van der Waals surface area contributed by atoms with Gasteiger partial charge in [-0.25, -0.2) is 8.78 Å². The van der Waals surface area contributed by atoms with Gasteiger partial charge in [-0.05, 0) is 22.0 Å². The van der Waals surface area contributed by atoms with E-state index in [2.05, 4.69) is 21.2 Å². The highest BCUT2D eigenvalue weighted by molar-refractivity contribution is 9.10. The van der Waals surface area contributed by atoms with Crippen LogP contribution in [0, 0.1) is 0 Å². The third-order valence-electron chi connectivity index (χ3n) is 1.57. The van der Waals surface area contributed by atoms with Gasteiger partial charge < -0.3 is 10.4 Å². The molecule has 0 saturated heterocycles. The zero-order chi connectivity index (χ0) is 10.6. The van der Waals surface area contributed by atoms with Crippen molar-refractivity contribution in [1.82, 2.24) is 5.32 Å². The fourth-order valence-electron chi connectivity index (χ4n) is 0.879. The second-order valence-electron chi connectivity index (χ2n) is 2.76. The number of aliphatic hydroxyl groups is 1. The summed E-state index contributed by atoms with van der Waals surface area (Å²) in [6, 6.07) is 1.91. The molecule has 1 unspecified atom stereocenters. The predicted octanol–water partition coefficient (Wildman–Crippen LogP) is 2.23. The van der Waals surface area contributed by atoms with Crippen LogP contribution in [0.2, 0.25) is 0 Å². The van der Waals surface area contributed by atoms with Crippen molar-refractivity contribution in [3.05, 3.63) is 20.8 Å². The molecule has 2 nitrogen and oxygen atoms in total. The molecule has 2 N–H and O–H groups in total. The summed E-state index contributed by atoms with van der Waals surface area (Å²) >= 11 is 4.82. The lowest BCUT2D eigenvalue weighted by Crippen LogP contribution is -2.31. The average molecular weight is 286 g/mol. The van der Waals surface area contributed by atoms with Gasteiger partial charge >= 0.3 is 0 Å². The average Bonchev–Trinajstić information content (AvgIpc) is 2.51. The molecule has 1 rings (SSSR count). The first-order valence-electron chi connectivity index (χ1n) is 3.99. The Hall–Kier alpha value is -0.0400. The number of hydrogen-bond donors (Lipinski definition) is 2. The molecule has 0 saturated carbocycles. The number of alkyl halides is 2. The van der Waals surface area contributed by atoms with E-state index in [-0.39, 0.29) is 6.54 Å². The Morgan fingerprint density at radius 3 is 2.79 bits per heavy atom. The minimum absolute atomic E-state index is 0.0901. The third-order valence-corrected chi connectivity index (χ3v) is 3.26. The molecule has 0 aliphatic carbocycles. The maximum Gasteiger partial charge on any atom is 0.265 e. The molecule has 0 fully saturated rings. The van der Waals surface area contributed by atoms with E-state index < -0.39 is 12.5 Å². The molecule has 1 heterocycles. The van der Waals surface area contributed by atoms with E-state index in [0.29, 0.717) is 6.54 Å². The van der Waals surface area contributed by atoms with Gasteiger partial charge in [0.05, 0.1) is 0 Å². The number of thiophene rings is 1. The van der Waals surface area contributed by atoms with Gasteiger partial charge in [0.1, 0.15) is 6.10 Å². The minimum atomic E-state index is -2.68. The second-order valence-corrected chi connectivity index (χ2v) is 4.68. The van der Waals surface area contributed by atoms with Gasteiger partial charge in [0.25, 0.3) is 6.43 Å². The molecule has 0 amide bonds. The standard InChI is InChI=1S/C8H10BrF2NOS/c9-5-1-6(14-4-5)2-12-3-7(13)8(10)11/h1,4,7-8,12-13H,2-3H2. The predicted molar refractivity (Wildman–Crippen MR) is 55.7 cm³/mol. The molecule has 0 radical (unpaired) electrons. The summed E-state index contributed by atoms with van der Waals surface area (Å²) in [4.78, 5) is 1.04. The topological polar surface area (TPSA) is 32.3 Å². The Balaban J connectivity index is 2.22. The van der Waals surface area contributed by atoms with Gasteiger partial charge in [-0.2, -0.15) is 0 Å². The molecule has 6 heteroatoms. The summed E-state index contributed by atoms with van der Waals surface area (Å²) in [6.45, 7) is 0.410.